The monoisotopic (exact) mass is 353 g/mol. The summed E-state index contributed by atoms with van der Waals surface area (Å²) >= 11 is 0. The molecule has 0 aliphatic carbocycles. The summed E-state index contributed by atoms with van der Waals surface area (Å²) < 4.78 is 2.11. The first kappa shape index (κ1) is 18.2. The van der Waals surface area contributed by atoms with E-state index in [9.17, 15) is 5.11 Å². The lowest BCUT2D eigenvalue weighted by Gasteiger charge is -2.28. The molecule has 0 radical (unpaired) electrons. The number of hydrogen-bond acceptors (Lipinski definition) is 5. The molecule has 0 saturated heterocycles. The largest absolute Gasteiger partial charge is 0.399 e. The van der Waals surface area contributed by atoms with Crippen LogP contribution < -0.4 is 16.8 Å². The van der Waals surface area contributed by atoms with Crippen molar-refractivity contribution in [3.8, 4) is 0 Å². The molecule has 1 unspecified atom stereocenters. The summed E-state index contributed by atoms with van der Waals surface area (Å²) in [6.45, 7) is 5.54. The van der Waals surface area contributed by atoms with E-state index in [0.29, 0.717) is 12.2 Å². The van der Waals surface area contributed by atoms with Crippen LogP contribution in [0.5, 0.6) is 0 Å². The van der Waals surface area contributed by atoms with Crippen molar-refractivity contribution in [1.29, 1.82) is 0 Å². The van der Waals surface area contributed by atoms with E-state index in [2.05, 4.69) is 28.7 Å². The molecule has 0 aliphatic heterocycles. The number of aromatic nitrogens is 2. The zero-order chi connectivity index (χ0) is 18.7. The minimum atomic E-state index is -0.591. The number of nitrogens with one attached hydrogen (secondary N) is 1. The fourth-order valence-corrected chi connectivity index (χ4v) is 3.00. The quantitative estimate of drug-likeness (QED) is 0.489. The first-order valence-corrected chi connectivity index (χ1v) is 8.83. The van der Waals surface area contributed by atoms with Gasteiger partial charge < -0.3 is 26.5 Å². The number of aryl methyl sites for hydroxylation is 1. The first-order chi connectivity index (χ1) is 12.3. The summed E-state index contributed by atoms with van der Waals surface area (Å²) in [5, 5.41) is 13.8. The molecular weight excluding hydrogens is 326 g/mol. The Morgan fingerprint density at radius 1 is 1.15 bits per heavy atom. The summed E-state index contributed by atoms with van der Waals surface area (Å²) in [7, 11) is 0. The summed E-state index contributed by atoms with van der Waals surface area (Å²) in [6, 6.07) is 13.1. The second-order valence-electron chi connectivity index (χ2n) is 7.39. The van der Waals surface area contributed by atoms with Gasteiger partial charge in [-0.25, -0.2) is 4.98 Å². The van der Waals surface area contributed by atoms with Crippen molar-refractivity contribution in [2.45, 2.75) is 38.5 Å². The van der Waals surface area contributed by atoms with Gasteiger partial charge in [0.05, 0.1) is 23.5 Å². The molecular formula is C20H27N5O. The van der Waals surface area contributed by atoms with E-state index < -0.39 is 6.10 Å². The molecule has 1 heterocycles. The van der Waals surface area contributed by atoms with E-state index in [4.69, 9.17) is 11.5 Å². The van der Waals surface area contributed by atoms with E-state index in [1.165, 1.54) is 0 Å². The maximum Gasteiger partial charge on any atom is 0.0958 e. The van der Waals surface area contributed by atoms with Gasteiger partial charge in [-0.1, -0.05) is 12.1 Å². The molecule has 0 amide bonds. The van der Waals surface area contributed by atoms with Crippen LogP contribution in [0.4, 0.5) is 11.4 Å². The second kappa shape index (κ2) is 7.35. The van der Waals surface area contributed by atoms with E-state index in [1.807, 2.05) is 42.7 Å². The van der Waals surface area contributed by atoms with Crippen LogP contribution in [-0.2, 0) is 6.54 Å². The third kappa shape index (κ3) is 4.33. The summed E-state index contributed by atoms with van der Waals surface area (Å²) in [5.74, 6) is 0. The lowest BCUT2D eigenvalue weighted by molar-refractivity contribution is 0.158. The highest BCUT2D eigenvalue weighted by Crippen LogP contribution is 2.20. The normalized spacial score (nSPS) is 13.2. The first-order valence-electron chi connectivity index (χ1n) is 8.83. The van der Waals surface area contributed by atoms with Crippen LogP contribution >= 0.6 is 0 Å². The van der Waals surface area contributed by atoms with Crippen molar-refractivity contribution >= 4 is 22.4 Å². The Hall–Kier alpha value is -2.57. The molecule has 3 rings (SSSR count). The predicted molar refractivity (Wildman–Crippen MR) is 107 cm³/mol. The van der Waals surface area contributed by atoms with Crippen LogP contribution in [-0.4, -0.2) is 26.7 Å². The van der Waals surface area contributed by atoms with Crippen LogP contribution in [0.3, 0.4) is 0 Å². The van der Waals surface area contributed by atoms with Crippen molar-refractivity contribution in [3.05, 3.63) is 54.4 Å². The van der Waals surface area contributed by atoms with E-state index >= 15 is 0 Å². The Balaban J connectivity index is 1.59. The molecule has 138 valence electrons. The van der Waals surface area contributed by atoms with Gasteiger partial charge in [0.25, 0.3) is 0 Å². The summed E-state index contributed by atoms with van der Waals surface area (Å²) in [5.41, 5.74) is 15.7. The molecule has 0 spiro atoms. The van der Waals surface area contributed by atoms with Crippen molar-refractivity contribution in [2.24, 2.45) is 0 Å². The van der Waals surface area contributed by atoms with E-state index in [-0.39, 0.29) is 5.54 Å². The highest BCUT2D eigenvalue weighted by molar-refractivity contribution is 5.78. The van der Waals surface area contributed by atoms with Gasteiger partial charge in [-0.05, 0) is 56.2 Å². The minimum absolute atomic E-state index is 0.141. The molecule has 26 heavy (non-hydrogen) atoms. The van der Waals surface area contributed by atoms with Crippen molar-refractivity contribution in [1.82, 2.24) is 14.9 Å². The third-order valence-electron chi connectivity index (χ3n) is 4.69. The lowest BCUT2D eigenvalue weighted by Crippen LogP contribution is -2.42. The molecule has 0 bridgehead atoms. The highest BCUT2D eigenvalue weighted by atomic mass is 16.3. The van der Waals surface area contributed by atoms with Crippen LogP contribution in [0.1, 0.15) is 31.9 Å². The Labute approximate surface area is 153 Å². The van der Waals surface area contributed by atoms with Gasteiger partial charge in [0.2, 0.25) is 0 Å². The number of rotatable bonds is 7. The Morgan fingerprint density at radius 2 is 1.92 bits per heavy atom. The molecule has 6 heteroatoms. The number of nitrogens with two attached hydrogens (primary N) is 2. The molecule has 6 nitrogen and oxygen atoms in total. The molecule has 3 aromatic rings. The zero-order valence-electron chi connectivity index (χ0n) is 15.3. The smallest absolute Gasteiger partial charge is 0.0958 e. The SMILES string of the molecule is CC(C)(CCn1cnc2ccc(N)cc21)NCC(O)c1cccc(N)c1. The minimum Gasteiger partial charge on any atom is -0.399 e. The number of anilines is 2. The topological polar surface area (TPSA) is 102 Å². The van der Waals surface area contributed by atoms with Crippen molar-refractivity contribution < 1.29 is 5.11 Å². The van der Waals surface area contributed by atoms with Crippen molar-refractivity contribution in [3.63, 3.8) is 0 Å². The predicted octanol–water partition coefficient (Wildman–Crippen LogP) is 2.69. The molecule has 0 saturated carbocycles. The highest BCUT2D eigenvalue weighted by Gasteiger charge is 2.19. The zero-order valence-corrected chi connectivity index (χ0v) is 15.3. The molecule has 1 atom stereocenters. The Morgan fingerprint density at radius 3 is 2.69 bits per heavy atom. The number of benzene rings is 2. The fraction of sp³-hybridized carbons (Fsp3) is 0.350. The third-order valence-corrected chi connectivity index (χ3v) is 4.69. The van der Waals surface area contributed by atoms with E-state index in [1.54, 1.807) is 6.07 Å². The van der Waals surface area contributed by atoms with E-state index in [0.717, 1.165) is 35.2 Å². The molecule has 0 fully saturated rings. The number of imidazole rings is 1. The van der Waals surface area contributed by atoms with Crippen LogP contribution in [0.25, 0.3) is 11.0 Å². The van der Waals surface area contributed by atoms with Gasteiger partial charge in [-0.3, -0.25) is 0 Å². The van der Waals surface area contributed by atoms with Gasteiger partial charge in [0, 0.05) is 30.0 Å². The van der Waals surface area contributed by atoms with Gasteiger partial charge in [0.15, 0.2) is 0 Å². The number of aliphatic hydroxyl groups excluding tert-OH is 1. The van der Waals surface area contributed by atoms with Crippen LogP contribution in [0, 0.1) is 0 Å². The number of nitrogens with zero attached hydrogens (tertiary/aromatic N) is 2. The van der Waals surface area contributed by atoms with Gasteiger partial charge in [-0.2, -0.15) is 0 Å². The maximum absolute atomic E-state index is 10.4. The summed E-state index contributed by atoms with van der Waals surface area (Å²) in [4.78, 5) is 4.42. The Kier molecular flexibility index (Phi) is 5.15. The van der Waals surface area contributed by atoms with Gasteiger partial charge in [0.1, 0.15) is 0 Å². The van der Waals surface area contributed by atoms with Crippen LogP contribution in [0.2, 0.25) is 0 Å². The molecule has 2 aromatic carbocycles. The molecule has 0 aliphatic rings. The number of hydrogen-bond donors (Lipinski definition) is 4. The number of β-amino-alcohol motifs (C(OH)–C–C–N with tert-alkyl or cyclic N) is 1. The number of aliphatic hydroxyl groups is 1. The second-order valence-corrected chi connectivity index (χ2v) is 7.39. The number of fused-ring (bicyclic) bond motifs is 1. The standard InChI is InChI=1S/C20H27N5O/c1-20(2,24-12-19(26)14-4-3-5-15(21)10-14)8-9-25-13-23-17-7-6-16(22)11-18(17)25/h3-7,10-11,13,19,24,26H,8-9,12,21-22H2,1-2H3. The maximum atomic E-state index is 10.4. The van der Waals surface area contributed by atoms with Crippen molar-refractivity contribution in [2.75, 3.05) is 18.0 Å². The van der Waals surface area contributed by atoms with Gasteiger partial charge >= 0.3 is 0 Å². The average Bonchev–Trinajstić information content (AvgIpc) is 3.00. The van der Waals surface area contributed by atoms with Gasteiger partial charge in [-0.15, -0.1) is 0 Å². The summed E-state index contributed by atoms with van der Waals surface area (Å²) in [6.07, 6.45) is 2.14. The number of nitrogen functional groups attached to an aromatic ring is 2. The Bertz CT molecular complexity index is 887. The van der Waals surface area contributed by atoms with Crippen LogP contribution in [0.15, 0.2) is 48.8 Å². The lowest BCUT2D eigenvalue weighted by atomic mass is 9.99. The average molecular weight is 353 g/mol. The molecule has 1 aromatic heterocycles. The fourth-order valence-electron chi connectivity index (χ4n) is 3.00. The molecule has 6 N–H and O–H groups in total.